The predicted molar refractivity (Wildman–Crippen MR) is 71.7 cm³/mol. The van der Waals surface area contributed by atoms with Crippen molar-refractivity contribution in [2.75, 3.05) is 17.3 Å². The normalized spacial score (nSPS) is 21.3. The van der Waals surface area contributed by atoms with Crippen LogP contribution in [-0.2, 0) is 6.42 Å². The molecule has 1 fully saturated rings. The van der Waals surface area contributed by atoms with Gasteiger partial charge in [0.2, 0.25) is 0 Å². The number of halogens is 1. The molecule has 1 aliphatic rings. The Morgan fingerprint density at radius 1 is 1.35 bits per heavy atom. The molecule has 1 unspecified atom stereocenters. The average Bonchev–Trinajstić information content (AvgIpc) is 2.63. The van der Waals surface area contributed by atoms with Crippen LogP contribution in [-0.4, -0.2) is 28.4 Å². The third kappa shape index (κ3) is 3.09. The molecule has 1 atom stereocenters. The number of anilines is 1. The maximum Gasteiger partial charge on any atom is 0.132 e. The molecule has 3 nitrogen and oxygen atoms in total. The van der Waals surface area contributed by atoms with Gasteiger partial charge >= 0.3 is 0 Å². The van der Waals surface area contributed by atoms with Crippen molar-refractivity contribution in [3.05, 3.63) is 18.1 Å². The molecule has 0 bridgehead atoms. The number of hydrogen-bond acceptors (Lipinski definition) is 3. The summed E-state index contributed by atoms with van der Waals surface area (Å²) in [6.45, 7) is 3.19. The summed E-state index contributed by atoms with van der Waals surface area (Å²) in [5.74, 6) is 1.73. The molecule has 2 heterocycles. The van der Waals surface area contributed by atoms with Crippen LogP contribution in [0.1, 0.15) is 38.3 Å². The van der Waals surface area contributed by atoms with Crippen molar-refractivity contribution in [1.82, 2.24) is 9.97 Å². The largest absolute Gasteiger partial charge is 0.352 e. The number of hydrogen-bond donors (Lipinski definition) is 0. The number of aryl methyl sites for hydroxylation is 1. The molecule has 0 spiro atoms. The standard InChI is InChI=1S/C13H20ClN3/c1-2-11-8-13(16-10-15-11)17-7-5-3-4-6-12(17)9-14/h8,10,12H,2-7,9H2,1H3. The number of aromatic nitrogens is 2. The molecule has 1 aliphatic heterocycles. The summed E-state index contributed by atoms with van der Waals surface area (Å²) in [7, 11) is 0. The average molecular weight is 254 g/mol. The van der Waals surface area contributed by atoms with Crippen molar-refractivity contribution < 1.29 is 0 Å². The van der Waals surface area contributed by atoms with Crippen molar-refractivity contribution in [3.8, 4) is 0 Å². The minimum absolute atomic E-state index is 0.429. The Morgan fingerprint density at radius 2 is 2.24 bits per heavy atom. The monoisotopic (exact) mass is 253 g/mol. The van der Waals surface area contributed by atoms with E-state index in [9.17, 15) is 0 Å². The zero-order chi connectivity index (χ0) is 12.1. The van der Waals surface area contributed by atoms with Crippen LogP contribution < -0.4 is 4.90 Å². The second kappa shape index (κ2) is 6.20. The fourth-order valence-corrected chi connectivity index (χ4v) is 2.70. The van der Waals surface area contributed by atoms with Crippen LogP contribution in [0.5, 0.6) is 0 Å². The minimum Gasteiger partial charge on any atom is -0.352 e. The first-order valence-corrected chi connectivity index (χ1v) is 7.02. The minimum atomic E-state index is 0.429. The highest BCUT2D eigenvalue weighted by molar-refractivity contribution is 6.18. The first-order chi connectivity index (χ1) is 8.35. The molecule has 1 saturated heterocycles. The summed E-state index contributed by atoms with van der Waals surface area (Å²) in [5.41, 5.74) is 1.10. The van der Waals surface area contributed by atoms with Crippen LogP contribution >= 0.6 is 11.6 Å². The summed E-state index contributed by atoms with van der Waals surface area (Å²) < 4.78 is 0. The van der Waals surface area contributed by atoms with Gasteiger partial charge in [0.15, 0.2) is 0 Å². The van der Waals surface area contributed by atoms with Gasteiger partial charge < -0.3 is 4.90 Å². The molecule has 17 heavy (non-hydrogen) atoms. The second-order valence-electron chi connectivity index (χ2n) is 4.57. The lowest BCUT2D eigenvalue weighted by atomic mass is 10.1. The van der Waals surface area contributed by atoms with E-state index in [1.165, 1.54) is 25.7 Å². The highest BCUT2D eigenvalue weighted by Gasteiger charge is 2.21. The highest BCUT2D eigenvalue weighted by Crippen LogP contribution is 2.23. The maximum atomic E-state index is 6.09. The van der Waals surface area contributed by atoms with Gasteiger partial charge in [0, 0.05) is 30.2 Å². The van der Waals surface area contributed by atoms with Crippen LogP contribution in [0, 0.1) is 0 Å². The van der Waals surface area contributed by atoms with Gasteiger partial charge in [-0.05, 0) is 19.3 Å². The third-order valence-electron chi connectivity index (χ3n) is 3.42. The van der Waals surface area contributed by atoms with Gasteiger partial charge in [-0.25, -0.2) is 9.97 Å². The van der Waals surface area contributed by atoms with Crippen molar-refractivity contribution in [3.63, 3.8) is 0 Å². The van der Waals surface area contributed by atoms with Crippen LogP contribution in [0.25, 0.3) is 0 Å². The quantitative estimate of drug-likeness (QED) is 0.776. The van der Waals surface area contributed by atoms with Gasteiger partial charge in [-0.2, -0.15) is 0 Å². The molecule has 0 radical (unpaired) electrons. The van der Waals surface area contributed by atoms with E-state index < -0.39 is 0 Å². The Morgan fingerprint density at radius 3 is 3.00 bits per heavy atom. The van der Waals surface area contributed by atoms with Gasteiger partial charge in [-0.15, -0.1) is 11.6 Å². The molecule has 0 saturated carbocycles. The van der Waals surface area contributed by atoms with Crippen molar-refractivity contribution in [1.29, 1.82) is 0 Å². The summed E-state index contributed by atoms with van der Waals surface area (Å²) in [6, 6.07) is 2.53. The molecule has 1 aromatic rings. The Balaban J connectivity index is 2.21. The van der Waals surface area contributed by atoms with E-state index in [1.807, 2.05) is 0 Å². The van der Waals surface area contributed by atoms with Crippen LogP contribution in [0.3, 0.4) is 0 Å². The van der Waals surface area contributed by atoms with Crippen molar-refractivity contribution >= 4 is 17.4 Å². The van der Waals surface area contributed by atoms with E-state index in [1.54, 1.807) is 6.33 Å². The lowest BCUT2D eigenvalue weighted by molar-refractivity contribution is 0.615. The van der Waals surface area contributed by atoms with E-state index >= 15 is 0 Å². The van der Waals surface area contributed by atoms with Gasteiger partial charge in [0.25, 0.3) is 0 Å². The molecular formula is C13H20ClN3. The molecule has 94 valence electrons. The Hall–Kier alpha value is -0.830. The van der Waals surface area contributed by atoms with Gasteiger partial charge in [0.05, 0.1) is 0 Å². The van der Waals surface area contributed by atoms with E-state index in [0.717, 1.165) is 24.5 Å². The van der Waals surface area contributed by atoms with Crippen LogP contribution in [0.2, 0.25) is 0 Å². The second-order valence-corrected chi connectivity index (χ2v) is 4.88. The zero-order valence-electron chi connectivity index (χ0n) is 10.4. The Kier molecular flexibility index (Phi) is 4.60. The van der Waals surface area contributed by atoms with Gasteiger partial charge in [0.1, 0.15) is 12.1 Å². The molecule has 0 aliphatic carbocycles. The first kappa shape index (κ1) is 12.6. The third-order valence-corrected chi connectivity index (χ3v) is 3.78. The maximum absolute atomic E-state index is 6.09. The van der Waals surface area contributed by atoms with Gasteiger partial charge in [-0.1, -0.05) is 19.8 Å². The topological polar surface area (TPSA) is 29.0 Å². The highest BCUT2D eigenvalue weighted by atomic mass is 35.5. The molecule has 1 aromatic heterocycles. The molecular weight excluding hydrogens is 234 g/mol. The van der Waals surface area contributed by atoms with E-state index in [-0.39, 0.29) is 0 Å². The first-order valence-electron chi connectivity index (χ1n) is 6.48. The SMILES string of the molecule is CCc1cc(N2CCCCCC2CCl)ncn1. The molecule has 0 N–H and O–H groups in total. The van der Waals surface area contributed by atoms with Gasteiger partial charge in [-0.3, -0.25) is 0 Å². The van der Waals surface area contributed by atoms with Crippen LogP contribution in [0.4, 0.5) is 5.82 Å². The smallest absolute Gasteiger partial charge is 0.132 e. The van der Waals surface area contributed by atoms with E-state index in [4.69, 9.17) is 11.6 Å². The number of rotatable bonds is 3. The summed E-state index contributed by atoms with van der Waals surface area (Å²) >= 11 is 6.09. The Bertz CT molecular complexity index is 356. The predicted octanol–water partition coefficient (Wildman–Crippen LogP) is 3.03. The molecule has 0 amide bonds. The number of nitrogens with zero attached hydrogens (tertiary/aromatic N) is 3. The summed E-state index contributed by atoms with van der Waals surface area (Å²) in [5, 5.41) is 0. The lowest BCUT2D eigenvalue weighted by Crippen LogP contribution is -2.36. The van der Waals surface area contributed by atoms with Crippen LogP contribution in [0.15, 0.2) is 12.4 Å². The lowest BCUT2D eigenvalue weighted by Gasteiger charge is -2.29. The van der Waals surface area contributed by atoms with E-state index in [0.29, 0.717) is 11.9 Å². The van der Waals surface area contributed by atoms with Crippen molar-refractivity contribution in [2.45, 2.75) is 45.1 Å². The molecule has 2 rings (SSSR count). The fourth-order valence-electron chi connectivity index (χ4n) is 2.38. The summed E-state index contributed by atoms with van der Waals surface area (Å²) in [6.07, 6.45) is 7.61. The Labute approximate surface area is 108 Å². The zero-order valence-corrected chi connectivity index (χ0v) is 11.2. The van der Waals surface area contributed by atoms with Crippen molar-refractivity contribution in [2.24, 2.45) is 0 Å². The summed E-state index contributed by atoms with van der Waals surface area (Å²) in [4.78, 5) is 11.0. The molecule has 4 heteroatoms. The molecule has 0 aromatic carbocycles. The van der Waals surface area contributed by atoms with E-state index in [2.05, 4.69) is 27.9 Å². The fraction of sp³-hybridized carbons (Fsp3) is 0.692. The number of alkyl halides is 1.